The number of aromatic nitrogens is 3. The quantitative estimate of drug-likeness (QED) is 0.164. The van der Waals surface area contributed by atoms with Gasteiger partial charge in [-0.3, -0.25) is 9.48 Å². The van der Waals surface area contributed by atoms with Crippen molar-refractivity contribution in [3.05, 3.63) is 103 Å². The molecule has 200 valence electrons. The molecule has 8 heteroatoms. The molecule has 0 aliphatic heterocycles. The number of nitrogens with zero attached hydrogens (tertiary/aromatic N) is 4. The summed E-state index contributed by atoms with van der Waals surface area (Å²) in [5, 5.41) is 10.8. The number of nitrogens with one attached hydrogen (secondary N) is 2. The van der Waals surface area contributed by atoms with E-state index in [4.69, 9.17) is 4.74 Å². The molecule has 4 aromatic rings. The Kier molecular flexibility index (Phi) is 8.46. The summed E-state index contributed by atoms with van der Waals surface area (Å²) in [5.74, 6) is 1.08. The van der Waals surface area contributed by atoms with Crippen LogP contribution in [0.1, 0.15) is 29.3 Å². The van der Waals surface area contributed by atoms with E-state index >= 15 is 0 Å². The summed E-state index contributed by atoms with van der Waals surface area (Å²) in [6.07, 6.45) is 8.02. The first kappa shape index (κ1) is 27.2. The van der Waals surface area contributed by atoms with Gasteiger partial charge in [-0.15, -0.1) is 0 Å². The molecule has 2 N–H and O–H groups in total. The largest absolute Gasteiger partial charge is 0.494 e. The second-order valence-electron chi connectivity index (χ2n) is 9.21. The fraction of sp³-hybridized carbons (Fsp3) is 0.194. The molecule has 0 bridgehead atoms. The fourth-order valence-electron chi connectivity index (χ4n) is 4.26. The van der Waals surface area contributed by atoms with Gasteiger partial charge in [0.05, 0.1) is 30.4 Å². The molecule has 0 aliphatic carbocycles. The van der Waals surface area contributed by atoms with E-state index in [1.165, 1.54) is 0 Å². The number of hydrogen-bond donors (Lipinski definition) is 2. The van der Waals surface area contributed by atoms with Crippen molar-refractivity contribution in [2.24, 2.45) is 7.05 Å². The Morgan fingerprint density at radius 2 is 1.87 bits per heavy atom. The number of carbonyl (C=O) groups is 1. The molecule has 0 fully saturated rings. The standard InChI is InChI=1S/C31H34N6O2/c1-7-15-36(4)28-18-29(39-6)27(17-26(28)34-21(3)8-2)35-30-16-24(13-14-32-30)31(38)23-11-9-22(10-12-23)25-19-33-37(5)20-25/h8-14,16-20,34H,2-3,7,15H2,1,4-6H3,(H,32,35). The predicted molar refractivity (Wildman–Crippen MR) is 159 cm³/mol. The predicted octanol–water partition coefficient (Wildman–Crippen LogP) is 6.42. The molecule has 2 heterocycles. The van der Waals surface area contributed by atoms with Crippen LogP contribution in [0.2, 0.25) is 0 Å². The highest BCUT2D eigenvalue weighted by molar-refractivity contribution is 6.09. The zero-order valence-electron chi connectivity index (χ0n) is 22.9. The van der Waals surface area contributed by atoms with E-state index in [0.29, 0.717) is 34.1 Å². The van der Waals surface area contributed by atoms with E-state index in [-0.39, 0.29) is 5.78 Å². The number of aryl methyl sites for hydroxylation is 1. The van der Waals surface area contributed by atoms with Crippen LogP contribution >= 0.6 is 0 Å². The molecular formula is C31H34N6O2. The lowest BCUT2D eigenvalue weighted by atomic mass is 10.0. The van der Waals surface area contributed by atoms with E-state index < -0.39 is 0 Å². The number of ketones is 1. The smallest absolute Gasteiger partial charge is 0.193 e. The summed E-state index contributed by atoms with van der Waals surface area (Å²) in [4.78, 5) is 19.9. The van der Waals surface area contributed by atoms with Gasteiger partial charge in [0.1, 0.15) is 11.6 Å². The lowest BCUT2D eigenvalue weighted by molar-refractivity contribution is 0.103. The van der Waals surface area contributed by atoms with Crippen molar-refractivity contribution in [3.63, 3.8) is 0 Å². The molecule has 2 aromatic heterocycles. The third-order valence-corrected chi connectivity index (χ3v) is 6.30. The van der Waals surface area contributed by atoms with Crippen molar-refractivity contribution in [2.75, 3.05) is 36.2 Å². The van der Waals surface area contributed by atoms with Crippen molar-refractivity contribution >= 4 is 28.7 Å². The van der Waals surface area contributed by atoms with Crippen LogP contribution < -0.4 is 20.3 Å². The maximum Gasteiger partial charge on any atom is 0.193 e. The topological polar surface area (TPSA) is 84.3 Å². The van der Waals surface area contributed by atoms with Crippen LogP contribution in [-0.4, -0.2) is 41.2 Å². The third kappa shape index (κ3) is 6.35. The third-order valence-electron chi connectivity index (χ3n) is 6.30. The number of rotatable bonds is 12. The maximum atomic E-state index is 13.3. The Labute approximate surface area is 229 Å². The Balaban J connectivity index is 1.61. The van der Waals surface area contributed by atoms with Gasteiger partial charge in [0.2, 0.25) is 0 Å². The average Bonchev–Trinajstić information content (AvgIpc) is 3.39. The molecular weight excluding hydrogens is 488 g/mol. The molecule has 8 nitrogen and oxygen atoms in total. The van der Waals surface area contributed by atoms with Gasteiger partial charge < -0.3 is 20.3 Å². The van der Waals surface area contributed by atoms with Crippen LogP contribution in [0.5, 0.6) is 5.75 Å². The average molecular weight is 523 g/mol. The SMILES string of the molecule is C=CC(=C)Nc1cc(Nc2cc(C(=O)c3ccc(-c4cnn(C)c4)cc3)ccn2)c(OC)cc1N(C)CCC. The number of hydrogen-bond acceptors (Lipinski definition) is 7. The molecule has 0 saturated heterocycles. The van der Waals surface area contributed by atoms with Gasteiger partial charge in [-0.2, -0.15) is 5.10 Å². The number of benzene rings is 2. The summed E-state index contributed by atoms with van der Waals surface area (Å²) >= 11 is 0. The second-order valence-corrected chi connectivity index (χ2v) is 9.21. The Morgan fingerprint density at radius 3 is 2.51 bits per heavy atom. The molecule has 0 aliphatic rings. The van der Waals surface area contributed by atoms with Crippen molar-refractivity contribution in [2.45, 2.75) is 13.3 Å². The van der Waals surface area contributed by atoms with E-state index in [1.807, 2.05) is 56.7 Å². The molecule has 0 unspecified atom stereocenters. The minimum Gasteiger partial charge on any atom is -0.494 e. The van der Waals surface area contributed by atoms with Gasteiger partial charge in [-0.1, -0.05) is 44.3 Å². The Bertz CT molecular complexity index is 1490. The van der Waals surface area contributed by atoms with Crippen LogP contribution in [0.15, 0.2) is 92.1 Å². The lowest BCUT2D eigenvalue weighted by Gasteiger charge is -2.25. The second kappa shape index (κ2) is 12.1. The number of methoxy groups -OCH3 is 1. The highest BCUT2D eigenvalue weighted by atomic mass is 16.5. The van der Waals surface area contributed by atoms with Crippen molar-refractivity contribution in [1.82, 2.24) is 14.8 Å². The molecule has 0 radical (unpaired) electrons. The molecule has 0 amide bonds. The van der Waals surface area contributed by atoms with Gasteiger partial charge in [0, 0.05) is 61.5 Å². The van der Waals surface area contributed by atoms with Crippen molar-refractivity contribution in [3.8, 4) is 16.9 Å². The molecule has 0 spiro atoms. The minimum absolute atomic E-state index is 0.0914. The number of allylic oxidation sites excluding steroid dienone is 1. The number of anilines is 4. The van der Waals surface area contributed by atoms with Crippen molar-refractivity contribution in [1.29, 1.82) is 0 Å². The molecule has 4 rings (SSSR count). The van der Waals surface area contributed by atoms with Gasteiger partial charge in [0.25, 0.3) is 0 Å². The summed E-state index contributed by atoms with van der Waals surface area (Å²) in [7, 11) is 5.54. The van der Waals surface area contributed by atoms with Crippen LogP contribution in [0, 0.1) is 0 Å². The van der Waals surface area contributed by atoms with Crippen LogP contribution in [0.3, 0.4) is 0 Å². The normalized spacial score (nSPS) is 10.6. The van der Waals surface area contributed by atoms with Crippen molar-refractivity contribution < 1.29 is 9.53 Å². The maximum absolute atomic E-state index is 13.3. The highest BCUT2D eigenvalue weighted by Gasteiger charge is 2.16. The van der Waals surface area contributed by atoms with Gasteiger partial charge in [-0.05, 0) is 36.3 Å². The van der Waals surface area contributed by atoms with Gasteiger partial charge >= 0.3 is 0 Å². The summed E-state index contributed by atoms with van der Waals surface area (Å²) < 4.78 is 7.46. The lowest BCUT2D eigenvalue weighted by Crippen LogP contribution is -2.19. The molecule has 0 atom stereocenters. The summed E-state index contributed by atoms with van der Waals surface area (Å²) in [6, 6.07) is 14.9. The molecule has 2 aromatic carbocycles. The zero-order valence-corrected chi connectivity index (χ0v) is 22.9. The zero-order chi connectivity index (χ0) is 27.9. The Hall–Kier alpha value is -4.85. The monoisotopic (exact) mass is 522 g/mol. The minimum atomic E-state index is -0.0914. The fourth-order valence-corrected chi connectivity index (χ4v) is 4.26. The van der Waals surface area contributed by atoms with E-state index in [0.717, 1.165) is 35.5 Å². The van der Waals surface area contributed by atoms with E-state index in [2.05, 4.69) is 45.7 Å². The first-order chi connectivity index (χ1) is 18.8. The number of pyridine rings is 1. The molecule has 0 saturated carbocycles. The summed E-state index contributed by atoms with van der Waals surface area (Å²) in [5.41, 5.74) is 6.31. The van der Waals surface area contributed by atoms with E-state index in [9.17, 15) is 4.79 Å². The van der Waals surface area contributed by atoms with Gasteiger partial charge in [-0.25, -0.2) is 4.98 Å². The Morgan fingerprint density at radius 1 is 1.10 bits per heavy atom. The number of ether oxygens (including phenoxy) is 1. The van der Waals surface area contributed by atoms with Gasteiger partial charge in [0.15, 0.2) is 5.78 Å². The van der Waals surface area contributed by atoms with E-state index in [1.54, 1.807) is 42.4 Å². The number of carbonyl (C=O) groups excluding carboxylic acids is 1. The first-order valence-electron chi connectivity index (χ1n) is 12.7. The molecule has 39 heavy (non-hydrogen) atoms. The highest BCUT2D eigenvalue weighted by Crippen LogP contribution is 2.38. The van der Waals surface area contributed by atoms with Crippen LogP contribution in [0.4, 0.5) is 22.9 Å². The summed E-state index contributed by atoms with van der Waals surface area (Å²) in [6.45, 7) is 10.8. The first-order valence-corrected chi connectivity index (χ1v) is 12.7. The van der Waals surface area contributed by atoms with Crippen LogP contribution in [-0.2, 0) is 7.05 Å². The van der Waals surface area contributed by atoms with Crippen LogP contribution in [0.25, 0.3) is 11.1 Å².